The second-order valence-corrected chi connectivity index (χ2v) is 5.14. The number of hydrogen-bond acceptors (Lipinski definition) is 3. The molecule has 1 N–H and O–H groups in total. The summed E-state index contributed by atoms with van der Waals surface area (Å²) >= 11 is 0. The first-order chi connectivity index (χ1) is 10.6. The molecule has 0 saturated heterocycles. The summed E-state index contributed by atoms with van der Waals surface area (Å²) in [5, 5.41) is 5.09. The third kappa shape index (κ3) is 1.88. The maximum absolute atomic E-state index is 13.0. The van der Waals surface area contributed by atoms with Gasteiger partial charge in [0.15, 0.2) is 5.65 Å². The van der Waals surface area contributed by atoms with Crippen molar-refractivity contribution in [2.45, 2.75) is 6.92 Å². The van der Waals surface area contributed by atoms with E-state index < -0.39 is 0 Å². The Balaban J connectivity index is 2.02. The lowest BCUT2D eigenvalue weighted by Gasteiger charge is -2.05. The number of aromatic nitrogens is 4. The summed E-state index contributed by atoms with van der Waals surface area (Å²) in [6, 6.07) is 9.40. The van der Waals surface area contributed by atoms with Gasteiger partial charge in [0, 0.05) is 23.2 Å². The molecule has 0 fully saturated rings. The normalized spacial score (nSPS) is 11.4. The standard InChI is InChI=1S/C16H11FN4O/c1-9-6-14-18-8-11-7-13(10-2-4-12(17)5-3-10)16(22)19-15(11)21(14)20-9/h2-8H,1H3,(H,19,22). The molecule has 3 aromatic heterocycles. The van der Waals surface area contributed by atoms with Crippen molar-refractivity contribution >= 4 is 16.7 Å². The van der Waals surface area contributed by atoms with Gasteiger partial charge in [0.1, 0.15) is 11.5 Å². The monoisotopic (exact) mass is 294 g/mol. The Morgan fingerprint density at radius 2 is 1.95 bits per heavy atom. The molecule has 0 aliphatic rings. The van der Waals surface area contributed by atoms with Gasteiger partial charge in [-0.15, -0.1) is 0 Å². The summed E-state index contributed by atoms with van der Waals surface area (Å²) in [5.74, 6) is -0.337. The van der Waals surface area contributed by atoms with Crippen molar-refractivity contribution in [3.63, 3.8) is 0 Å². The molecule has 3 heterocycles. The van der Waals surface area contributed by atoms with Crippen LogP contribution in [-0.2, 0) is 0 Å². The number of aryl methyl sites for hydroxylation is 1. The molecule has 22 heavy (non-hydrogen) atoms. The molecule has 5 nitrogen and oxygen atoms in total. The van der Waals surface area contributed by atoms with Crippen LogP contribution in [0.15, 0.2) is 47.4 Å². The third-order valence-electron chi connectivity index (χ3n) is 3.57. The van der Waals surface area contributed by atoms with E-state index in [0.717, 1.165) is 11.1 Å². The maximum atomic E-state index is 13.0. The number of nitrogens with one attached hydrogen (secondary N) is 1. The highest BCUT2D eigenvalue weighted by Gasteiger charge is 2.10. The van der Waals surface area contributed by atoms with Crippen molar-refractivity contribution in [2.75, 3.05) is 0 Å². The quantitative estimate of drug-likeness (QED) is 0.587. The zero-order valence-corrected chi connectivity index (χ0v) is 11.7. The molecule has 0 amide bonds. The zero-order valence-electron chi connectivity index (χ0n) is 11.7. The second-order valence-electron chi connectivity index (χ2n) is 5.14. The van der Waals surface area contributed by atoms with Crippen LogP contribution in [0.5, 0.6) is 0 Å². The van der Waals surface area contributed by atoms with Gasteiger partial charge in [-0.3, -0.25) is 4.79 Å². The van der Waals surface area contributed by atoms with E-state index in [1.54, 1.807) is 28.9 Å². The van der Waals surface area contributed by atoms with Crippen LogP contribution in [-0.4, -0.2) is 19.6 Å². The number of hydrogen-bond donors (Lipinski definition) is 1. The predicted octanol–water partition coefficient (Wildman–Crippen LogP) is 2.69. The van der Waals surface area contributed by atoms with Crippen LogP contribution in [0.3, 0.4) is 0 Å². The predicted molar refractivity (Wildman–Crippen MR) is 81.2 cm³/mol. The number of aromatic amines is 1. The summed E-state index contributed by atoms with van der Waals surface area (Å²) in [4.78, 5) is 19.5. The first kappa shape index (κ1) is 12.7. The van der Waals surface area contributed by atoms with Crippen LogP contribution in [0.1, 0.15) is 5.69 Å². The zero-order chi connectivity index (χ0) is 15.3. The van der Waals surface area contributed by atoms with Gasteiger partial charge >= 0.3 is 0 Å². The number of H-pyrrole nitrogens is 1. The molecule has 0 atom stereocenters. The minimum absolute atomic E-state index is 0.250. The molecular formula is C16H11FN4O. The van der Waals surface area contributed by atoms with Crippen LogP contribution >= 0.6 is 0 Å². The fourth-order valence-electron chi connectivity index (χ4n) is 2.53. The lowest BCUT2D eigenvalue weighted by Crippen LogP contribution is -2.11. The van der Waals surface area contributed by atoms with Crippen LogP contribution < -0.4 is 5.56 Å². The van der Waals surface area contributed by atoms with E-state index in [2.05, 4.69) is 15.1 Å². The summed E-state index contributed by atoms with van der Waals surface area (Å²) < 4.78 is 14.6. The fourth-order valence-corrected chi connectivity index (χ4v) is 2.53. The van der Waals surface area contributed by atoms with Gasteiger partial charge in [0.05, 0.1) is 5.69 Å². The highest BCUT2D eigenvalue weighted by atomic mass is 19.1. The van der Waals surface area contributed by atoms with Crippen molar-refractivity contribution in [3.05, 3.63) is 64.5 Å². The van der Waals surface area contributed by atoms with Crippen LogP contribution in [0, 0.1) is 12.7 Å². The van der Waals surface area contributed by atoms with Gasteiger partial charge in [0.2, 0.25) is 0 Å². The van der Waals surface area contributed by atoms with E-state index in [1.807, 2.05) is 13.0 Å². The molecule has 0 radical (unpaired) electrons. The van der Waals surface area contributed by atoms with Crippen molar-refractivity contribution in [2.24, 2.45) is 0 Å². The number of nitrogens with zero attached hydrogens (tertiary/aromatic N) is 3. The minimum Gasteiger partial charge on any atom is -0.306 e. The number of pyridine rings is 1. The Hall–Kier alpha value is -3.02. The number of benzene rings is 1. The Morgan fingerprint density at radius 1 is 1.18 bits per heavy atom. The van der Waals surface area contributed by atoms with Crippen molar-refractivity contribution in [1.29, 1.82) is 0 Å². The van der Waals surface area contributed by atoms with E-state index in [-0.39, 0.29) is 11.4 Å². The van der Waals surface area contributed by atoms with Crippen molar-refractivity contribution in [1.82, 2.24) is 19.6 Å². The Bertz CT molecular complexity index is 1060. The fraction of sp³-hybridized carbons (Fsp3) is 0.0625. The molecule has 0 bridgehead atoms. The highest BCUT2D eigenvalue weighted by molar-refractivity contribution is 5.81. The topological polar surface area (TPSA) is 63.0 Å². The number of fused-ring (bicyclic) bond motifs is 3. The first-order valence-corrected chi connectivity index (χ1v) is 6.76. The number of rotatable bonds is 1. The van der Waals surface area contributed by atoms with E-state index >= 15 is 0 Å². The molecule has 0 saturated carbocycles. The second kappa shape index (κ2) is 4.49. The minimum atomic E-state index is -0.337. The average molecular weight is 294 g/mol. The van der Waals surface area contributed by atoms with Crippen LogP contribution in [0.2, 0.25) is 0 Å². The van der Waals surface area contributed by atoms with Gasteiger partial charge in [-0.1, -0.05) is 12.1 Å². The van der Waals surface area contributed by atoms with Crippen LogP contribution in [0.25, 0.3) is 27.8 Å². The largest absolute Gasteiger partial charge is 0.306 e. The van der Waals surface area contributed by atoms with E-state index in [0.29, 0.717) is 22.4 Å². The summed E-state index contributed by atoms with van der Waals surface area (Å²) in [7, 11) is 0. The lowest BCUT2D eigenvalue weighted by molar-refractivity contribution is 0.628. The molecule has 0 aliphatic carbocycles. The molecule has 0 aliphatic heterocycles. The summed E-state index contributed by atoms with van der Waals surface area (Å²) in [6.45, 7) is 1.87. The van der Waals surface area contributed by atoms with Crippen LogP contribution in [0.4, 0.5) is 4.39 Å². The highest BCUT2D eigenvalue weighted by Crippen LogP contribution is 2.20. The molecular weight excluding hydrogens is 283 g/mol. The molecule has 4 rings (SSSR count). The molecule has 1 aromatic carbocycles. The van der Waals surface area contributed by atoms with Crippen molar-refractivity contribution < 1.29 is 4.39 Å². The van der Waals surface area contributed by atoms with Gasteiger partial charge in [-0.2, -0.15) is 9.61 Å². The third-order valence-corrected chi connectivity index (χ3v) is 3.57. The van der Waals surface area contributed by atoms with Gasteiger partial charge in [-0.05, 0) is 30.7 Å². The molecule has 6 heteroatoms. The maximum Gasteiger partial charge on any atom is 0.257 e. The molecule has 108 valence electrons. The first-order valence-electron chi connectivity index (χ1n) is 6.76. The molecule has 0 spiro atoms. The average Bonchev–Trinajstić information content (AvgIpc) is 2.89. The SMILES string of the molecule is Cc1cc2ncc3cc(-c4ccc(F)cc4)c(=O)[nH]c3n2n1. The Morgan fingerprint density at radius 3 is 2.73 bits per heavy atom. The molecule has 0 unspecified atom stereocenters. The Kier molecular flexibility index (Phi) is 2.59. The molecule has 4 aromatic rings. The lowest BCUT2D eigenvalue weighted by atomic mass is 10.1. The number of halogens is 1. The Labute approximate surface area is 124 Å². The van der Waals surface area contributed by atoms with Gasteiger partial charge in [-0.25, -0.2) is 9.37 Å². The van der Waals surface area contributed by atoms with Gasteiger partial charge in [0.25, 0.3) is 5.56 Å². The van der Waals surface area contributed by atoms with Gasteiger partial charge < -0.3 is 4.98 Å². The summed E-state index contributed by atoms with van der Waals surface area (Å²) in [5.41, 5.74) is 2.96. The summed E-state index contributed by atoms with van der Waals surface area (Å²) in [6.07, 6.45) is 1.69. The smallest absolute Gasteiger partial charge is 0.257 e. The van der Waals surface area contributed by atoms with Crippen molar-refractivity contribution in [3.8, 4) is 11.1 Å². The van der Waals surface area contributed by atoms with E-state index in [9.17, 15) is 9.18 Å². The van der Waals surface area contributed by atoms with E-state index in [4.69, 9.17) is 0 Å². The van der Waals surface area contributed by atoms with E-state index in [1.165, 1.54) is 12.1 Å².